The monoisotopic (exact) mass is 436 g/mol. The van der Waals surface area contributed by atoms with E-state index in [0.717, 1.165) is 17.5 Å². The standard InChI is InChI=1S/C25H28N2O5/c1-16-3-6-18(23-12-20(29)11-22(14-28)31-23)10-19(16)9-17-4-7-21(8-5-17)32-25-13-24(30-2)26-15-27-25/h3-8,10,13,15,20,22-23,28-29H,9,11-12,14H2,1-2H3/t20-,22-,23+/m0/s1. The SMILES string of the molecule is COc1cc(Oc2ccc(Cc3cc([C@H]4C[C@@H](O)C[C@@H](CO)O4)ccc3C)cc2)ncn1. The molecule has 3 aromatic rings. The fourth-order valence-electron chi connectivity index (χ4n) is 3.91. The third-order valence-corrected chi connectivity index (χ3v) is 5.69. The molecule has 0 bridgehead atoms. The zero-order valence-corrected chi connectivity index (χ0v) is 18.3. The van der Waals surface area contributed by atoms with E-state index in [4.69, 9.17) is 14.2 Å². The van der Waals surface area contributed by atoms with Gasteiger partial charge in [0.1, 0.15) is 12.1 Å². The van der Waals surface area contributed by atoms with E-state index < -0.39 is 6.10 Å². The quantitative estimate of drug-likeness (QED) is 0.583. The second-order valence-corrected chi connectivity index (χ2v) is 8.06. The molecule has 1 aromatic heterocycles. The van der Waals surface area contributed by atoms with Crippen LogP contribution >= 0.6 is 0 Å². The predicted molar refractivity (Wildman–Crippen MR) is 119 cm³/mol. The summed E-state index contributed by atoms with van der Waals surface area (Å²) in [7, 11) is 1.55. The van der Waals surface area contributed by atoms with Crippen LogP contribution < -0.4 is 9.47 Å². The number of aryl methyl sites for hydroxylation is 1. The molecule has 3 atom stereocenters. The third-order valence-electron chi connectivity index (χ3n) is 5.69. The minimum atomic E-state index is -0.460. The summed E-state index contributed by atoms with van der Waals surface area (Å²) in [5.74, 6) is 1.55. The Labute approximate surface area is 187 Å². The van der Waals surface area contributed by atoms with Gasteiger partial charge < -0.3 is 24.4 Å². The smallest absolute Gasteiger partial charge is 0.226 e. The molecule has 0 aliphatic carbocycles. The van der Waals surface area contributed by atoms with Crippen molar-refractivity contribution >= 4 is 0 Å². The van der Waals surface area contributed by atoms with Gasteiger partial charge in [-0.3, -0.25) is 0 Å². The normalized spacial score (nSPS) is 20.7. The molecular formula is C25H28N2O5. The van der Waals surface area contributed by atoms with Gasteiger partial charge in [0.15, 0.2) is 0 Å². The summed E-state index contributed by atoms with van der Waals surface area (Å²) in [5, 5.41) is 19.6. The summed E-state index contributed by atoms with van der Waals surface area (Å²) >= 11 is 0. The Morgan fingerprint density at radius 2 is 1.81 bits per heavy atom. The number of nitrogens with zero attached hydrogens (tertiary/aromatic N) is 2. The predicted octanol–water partition coefficient (Wildman–Crippen LogP) is 3.75. The molecular weight excluding hydrogens is 408 g/mol. The summed E-state index contributed by atoms with van der Waals surface area (Å²) in [6, 6.07) is 15.8. The Morgan fingerprint density at radius 3 is 2.56 bits per heavy atom. The summed E-state index contributed by atoms with van der Waals surface area (Å²) < 4.78 is 16.9. The number of hydrogen-bond donors (Lipinski definition) is 2. The van der Waals surface area contributed by atoms with Crippen LogP contribution in [0.3, 0.4) is 0 Å². The van der Waals surface area contributed by atoms with E-state index in [1.807, 2.05) is 30.3 Å². The van der Waals surface area contributed by atoms with E-state index in [-0.39, 0.29) is 18.8 Å². The van der Waals surface area contributed by atoms with Crippen LogP contribution in [0.2, 0.25) is 0 Å². The zero-order chi connectivity index (χ0) is 22.5. The van der Waals surface area contributed by atoms with Crippen molar-refractivity contribution in [2.75, 3.05) is 13.7 Å². The molecule has 168 valence electrons. The lowest BCUT2D eigenvalue weighted by Gasteiger charge is -2.32. The first-order valence-electron chi connectivity index (χ1n) is 10.7. The van der Waals surface area contributed by atoms with Crippen molar-refractivity contribution < 1.29 is 24.4 Å². The van der Waals surface area contributed by atoms with Crippen LogP contribution in [0, 0.1) is 6.92 Å². The minimum absolute atomic E-state index is 0.0809. The molecule has 7 heteroatoms. The average Bonchev–Trinajstić information content (AvgIpc) is 2.81. The molecule has 1 saturated heterocycles. The van der Waals surface area contributed by atoms with Crippen molar-refractivity contribution in [2.45, 2.75) is 44.5 Å². The van der Waals surface area contributed by atoms with Gasteiger partial charge in [-0.25, -0.2) is 9.97 Å². The zero-order valence-electron chi connectivity index (χ0n) is 18.3. The molecule has 0 unspecified atom stereocenters. The van der Waals surface area contributed by atoms with Gasteiger partial charge in [-0.1, -0.05) is 30.3 Å². The second-order valence-electron chi connectivity index (χ2n) is 8.06. The van der Waals surface area contributed by atoms with Crippen LogP contribution in [0.4, 0.5) is 0 Å². The molecule has 7 nitrogen and oxygen atoms in total. The van der Waals surface area contributed by atoms with Gasteiger partial charge in [0.2, 0.25) is 11.8 Å². The Hall–Kier alpha value is -3.00. The number of aliphatic hydroxyl groups is 2. The van der Waals surface area contributed by atoms with E-state index in [0.29, 0.717) is 30.4 Å². The molecule has 1 fully saturated rings. The maximum atomic E-state index is 10.1. The van der Waals surface area contributed by atoms with E-state index in [1.54, 1.807) is 13.2 Å². The molecule has 32 heavy (non-hydrogen) atoms. The van der Waals surface area contributed by atoms with Gasteiger partial charge in [-0.15, -0.1) is 0 Å². The van der Waals surface area contributed by atoms with Crippen LogP contribution in [0.15, 0.2) is 54.9 Å². The fourth-order valence-corrected chi connectivity index (χ4v) is 3.91. The molecule has 1 aliphatic rings. The largest absolute Gasteiger partial charge is 0.481 e. The first-order valence-corrected chi connectivity index (χ1v) is 10.7. The van der Waals surface area contributed by atoms with Gasteiger partial charge in [-0.05, 0) is 47.7 Å². The summed E-state index contributed by atoms with van der Waals surface area (Å²) in [6.45, 7) is 2.01. The molecule has 0 amide bonds. The van der Waals surface area contributed by atoms with Gasteiger partial charge >= 0.3 is 0 Å². The summed E-state index contributed by atoms with van der Waals surface area (Å²) in [4.78, 5) is 8.07. The molecule has 0 radical (unpaired) electrons. The summed E-state index contributed by atoms with van der Waals surface area (Å²) in [5.41, 5.74) is 4.56. The van der Waals surface area contributed by atoms with E-state index >= 15 is 0 Å². The molecule has 4 rings (SSSR count). The van der Waals surface area contributed by atoms with Gasteiger partial charge in [0.25, 0.3) is 0 Å². The number of benzene rings is 2. The lowest BCUT2D eigenvalue weighted by molar-refractivity contribution is -0.113. The number of aromatic nitrogens is 2. The highest BCUT2D eigenvalue weighted by atomic mass is 16.5. The topological polar surface area (TPSA) is 93.9 Å². The molecule has 2 heterocycles. The Morgan fingerprint density at radius 1 is 1.03 bits per heavy atom. The fraction of sp³-hybridized carbons (Fsp3) is 0.360. The highest BCUT2D eigenvalue weighted by molar-refractivity contribution is 5.38. The van der Waals surface area contributed by atoms with Crippen LogP contribution in [0.25, 0.3) is 0 Å². The lowest BCUT2D eigenvalue weighted by Crippen LogP contribution is -2.33. The second kappa shape index (κ2) is 10.1. The van der Waals surface area contributed by atoms with Gasteiger partial charge in [0, 0.05) is 12.8 Å². The van der Waals surface area contributed by atoms with Gasteiger partial charge in [0.05, 0.1) is 38.1 Å². The van der Waals surface area contributed by atoms with Crippen molar-refractivity contribution in [3.8, 4) is 17.5 Å². The number of aliphatic hydroxyl groups excluding tert-OH is 2. The molecule has 0 saturated carbocycles. The van der Waals surface area contributed by atoms with Crippen molar-refractivity contribution in [3.05, 3.63) is 77.1 Å². The molecule has 0 spiro atoms. The highest BCUT2D eigenvalue weighted by Gasteiger charge is 2.29. The van der Waals surface area contributed by atoms with E-state index in [9.17, 15) is 10.2 Å². The lowest BCUT2D eigenvalue weighted by atomic mass is 9.92. The summed E-state index contributed by atoms with van der Waals surface area (Å²) in [6.07, 6.45) is 2.18. The Bertz CT molecular complexity index is 1040. The third kappa shape index (κ3) is 5.43. The Balaban J connectivity index is 1.46. The highest BCUT2D eigenvalue weighted by Crippen LogP contribution is 2.33. The number of rotatable bonds is 7. The maximum absolute atomic E-state index is 10.1. The molecule has 2 aromatic carbocycles. The van der Waals surface area contributed by atoms with E-state index in [2.05, 4.69) is 29.0 Å². The van der Waals surface area contributed by atoms with Crippen LogP contribution in [0.1, 0.15) is 41.2 Å². The average molecular weight is 437 g/mol. The first kappa shape index (κ1) is 22.2. The number of methoxy groups -OCH3 is 1. The van der Waals surface area contributed by atoms with Crippen molar-refractivity contribution in [2.24, 2.45) is 0 Å². The van der Waals surface area contributed by atoms with Gasteiger partial charge in [-0.2, -0.15) is 0 Å². The van der Waals surface area contributed by atoms with Crippen LogP contribution in [-0.4, -0.2) is 46.1 Å². The van der Waals surface area contributed by atoms with Crippen molar-refractivity contribution in [1.82, 2.24) is 9.97 Å². The maximum Gasteiger partial charge on any atom is 0.226 e. The molecule has 2 N–H and O–H groups in total. The first-order chi connectivity index (χ1) is 15.5. The van der Waals surface area contributed by atoms with Crippen LogP contribution in [-0.2, 0) is 11.2 Å². The van der Waals surface area contributed by atoms with Crippen molar-refractivity contribution in [3.63, 3.8) is 0 Å². The van der Waals surface area contributed by atoms with E-state index in [1.165, 1.54) is 17.5 Å². The number of ether oxygens (including phenoxy) is 3. The number of hydrogen-bond acceptors (Lipinski definition) is 7. The van der Waals surface area contributed by atoms with Crippen molar-refractivity contribution in [1.29, 1.82) is 0 Å². The molecule has 1 aliphatic heterocycles. The minimum Gasteiger partial charge on any atom is -0.481 e. The Kier molecular flexibility index (Phi) is 6.99. The van der Waals surface area contributed by atoms with Crippen LogP contribution in [0.5, 0.6) is 17.5 Å².